The summed E-state index contributed by atoms with van der Waals surface area (Å²) in [6.07, 6.45) is 8.59. The highest BCUT2D eigenvalue weighted by Crippen LogP contribution is 2.17. The SMILES string of the molecule is COc1cccc(-n2cc(CN(C)C(=O)c3cnn4cccnc34)cn2)c1. The van der Waals surface area contributed by atoms with Gasteiger partial charge in [-0.3, -0.25) is 4.79 Å². The van der Waals surface area contributed by atoms with E-state index in [1.54, 1.807) is 59.1 Å². The van der Waals surface area contributed by atoms with E-state index in [-0.39, 0.29) is 5.91 Å². The van der Waals surface area contributed by atoms with Crippen LogP contribution in [0.15, 0.2) is 61.3 Å². The molecule has 0 spiro atoms. The van der Waals surface area contributed by atoms with E-state index in [1.165, 1.54) is 0 Å². The quantitative estimate of drug-likeness (QED) is 0.544. The molecule has 1 aromatic carbocycles. The molecule has 4 aromatic rings. The van der Waals surface area contributed by atoms with Crippen molar-refractivity contribution >= 4 is 11.6 Å². The number of fused-ring (bicyclic) bond motifs is 1. The lowest BCUT2D eigenvalue weighted by Gasteiger charge is -2.15. The van der Waals surface area contributed by atoms with Crippen molar-refractivity contribution < 1.29 is 9.53 Å². The molecular formula is C19H18N6O2. The summed E-state index contributed by atoms with van der Waals surface area (Å²) in [4.78, 5) is 18.6. The van der Waals surface area contributed by atoms with Crippen molar-refractivity contribution in [1.29, 1.82) is 0 Å². The monoisotopic (exact) mass is 362 g/mol. The summed E-state index contributed by atoms with van der Waals surface area (Å²) in [5.41, 5.74) is 2.82. The van der Waals surface area contributed by atoms with E-state index in [2.05, 4.69) is 15.2 Å². The molecule has 0 aliphatic carbocycles. The molecular weight excluding hydrogens is 344 g/mol. The Balaban J connectivity index is 1.52. The van der Waals surface area contributed by atoms with Crippen molar-refractivity contribution in [1.82, 2.24) is 29.3 Å². The van der Waals surface area contributed by atoms with Gasteiger partial charge in [-0.2, -0.15) is 10.2 Å². The summed E-state index contributed by atoms with van der Waals surface area (Å²) < 4.78 is 8.59. The number of carbonyl (C=O) groups is 1. The second kappa shape index (κ2) is 6.91. The molecule has 0 saturated heterocycles. The second-order valence-electron chi connectivity index (χ2n) is 6.10. The number of rotatable bonds is 5. The molecule has 0 aliphatic heterocycles. The van der Waals surface area contributed by atoms with Crippen molar-refractivity contribution in [2.24, 2.45) is 0 Å². The number of amides is 1. The summed E-state index contributed by atoms with van der Waals surface area (Å²) in [5.74, 6) is 0.621. The molecule has 0 fully saturated rings. The van der Waals surface area contributed by atoms with E-state index >= 15 is 0 Å². The Morgan fingerprint density at radius 3 is 2.96 bits per heavy atom. The molecule has 0 atom stereocenters. The van der Waals surface area contributed by atoms with Gasteiger partial charge in [0.1, 0.15) is 11.3 Å². The highest BCUT2D eigenvalue weighted by atomic mass is 16.5. The summed E-state index contributed by atoms with van der Waals surface area (Å²) >= 11 is 0. The van der Waals surface area contributed by atoms with Crippen molar-refractivity contribution in [2.45, 2.75) is 6.54 Å². The van der Waals surface area contributed by atoms with Crippen molar-refractivity contribution in [3.63, 3.8) is 0 Å². The van der Waals surface area contributed by atoms with Gasteiger partial charge in [-0.1, -0.05) is 6.07 Å². The molecule has 4 rings (SSSR count). The molecule has 27 heavy (non-hydrogen) atoms. The van der Waals surface area contributed by atoms with Crippen LogP contribution < -0.4 is 4.74 Å². The molecule has 0 radical (unpaired) electrons. The third kappa shape index (κ3) is 3.24. The normalized spacial score (nSPS) is 10.9. The largest absolute Gasteiger partial charge is 0.497 e. The Bertz CT molecular complexity index is 1100. The minimum absolute atomic E-state index is 0.141. The fraction of sp³-hybridized carbons (Fsp3) is 0.158. The highest BCUT2D eigenvalue weighted by molar-refractivity contribution is 5.99. The zero-order chi connectivity index (χ0) is 18.8. The third-order valence-corrected chi connectivity index (χ3v) is 4.23. The van der Waals surface area contributed by atoms with Crippen LogP contribution in [0.1, 0.15) is 15.9 Å². The first-order valence-electron chi connectivity index (χ1n) is 8.37. The van der Waals surface area contributed by atoms with Gasteiger partial charge in [0.2, 0.25) is 0 Å². The van der Waals surface area contributed by atoms with Gasteiger partial charge >= 0.3 is 0 Å². The van der Waals surface area contributed by atoms with Crippen LogP contribution in [0.5, 0.6) is 5.75 Å². The maximum absolute atomic E-state index is 12.8. The Labute approximate surface area is 155 Å². The summed E-state index contributed by atoms with van der Waals surface area (Å²) in [6, 6.07) is 9.40. The predicted octanol–water partition coefficient (Wildman–Crippen LogP) is 2.20. The highest BCUT2D eigenvalue weighted by Gasteiger charge is 2.18. The smallest absolute Gasteiger partial charge is 0.259 e. The Morgan fingerprint density at radius 1 is 1.22 bits per heavy atom. The Kier molecular flexibility index (Phi) is 4.29. The van der Waals surface area contributed by atoms with Crippen molar-refractivity contribution in [3.8, 4) is 11.4 Å². The number of hydrogen-bond donors (Lipinski definition) is 0. The van der Waals surface area contributed by atoms with Gasteiger partial charge < -0.3 is 9.64 Å². The van der Waals surface area contributed by atoms with Crippen LogP contribution >= 0.6 is 0 Å². The van der Waals surface area contributed by atoms with Gasteiger partial charge in [-0.05, 0) is 18.2 Å². The lowest BCUT2D eigenvalue weighted by atomic mass is 10.2. The fourth-order valence-electron chi connectivity index (χ4n) is 2.87. The average Bonchev–Trinajstić information content (AvgIpc) is 3.34. The Hall–Kier alpha value is -3.68. The first kappa shape index (κ1) is 16.8. The lowest BCUT2D eigenvalue weighted by molar-refractivity contribution is 0.0787. The molecule has 3 aromatic heterocycles. The first-order valence-corrected chi connectivity index (χ1v) is 8.37. The molecule has 3 heterocycles. The summed E-state index contributed by atoms with van der Waals surface area (Å²) in [7, 11) is 3.38. The van der Waals surface area contributed by atoms with Crippen LogP contribution in [0.3, 0.4) is 0 Å². The van der Waals surface area contributed by atoms with Crippen LogP contribution in [0.4, 0.5) is 0 Å². The fourth-order valence-corrected chi connectivity index (χ4v) is 2.87. The van der Waals surface area contributed by atoms with E-state index < -0.39 is 0 Å². The number of ether oxygens (including phenoxy) is 1. The molecule has 8 heteroatoms. The van der Waals surface area contributed by atoms with E-state index in [9.17, 15) is 4.79 Å². The van der Waals surface area contributed by atoms with Crippen LogP contribution in [-0.2, 0) is 6.54 Å². The van der Waals surface area contributed by atoms with Crippen molar-refractivity contribution in [3.05, 3.63) is 72.4 Å². The lowest BCUT2D eigenvalue weighted by Crippen LogP contribution is -2.26. The number of carbonyl (C=O) groups excluding carboxylic acids is 1. The minimum atomic E-state index is -0.141. The predicted molar refractivity (Wildman–Crippen MR) is 98.9 cm³/mol. The molecule has 0 unspecified atom stereocenters. The van der Waals surface area contributed by atoms with E-state index in [0.29, 0.717) is 17.8 Å². The molecule has 136 valence electrons. The molecule has 0 saturated carbocycles. The van der Waals surface area contributed by atoms with Gasteiger partial charge in [-0.25, -0.2) is 14.2 Å². The standard InChI is InChI=1S/C19H18N6O2/c1-23(19(26)17-11-22-24-8-4-7-20-18(17)24)12-14-10-21-25(13-14)15-5-3-6-16(9-15)27-2/h3-11,13H,12H2,1-2H3. The van der Waals surface area contributed by atoms with Crippen LogP contribution in [0.25, 0.3) is 11.3 Å². The molecule has 1 amide bonds. The maximum Gasteiger partial charge on any atom is 0.259 e. The van der Waals surface area contributed by atoms with Crippen molar-refractivity contribution in [2.75, 3.05) is 14.2 Å². The number of methoxy groups -OCH3 is 1. The maximum atomic E-state index is 12.8. The minimum Gasteiger partial charge on any atom is -0.497 e. The zero-order valence-electron chi connectivity index (χ0n) is 15.0. The molecule has 0 N–H and O–H groups in total. The van der Waals surface area contributed by atoms with E-state index in [0.717, 1.165) is 17.0 Å². The van der Waals surface area contributed by atoms with Gasteiger partial charge in [-0.15, -0.1) is 0 Å². The van der Waals surface area contributed by atoms with Gasteiger partial charge in [0.25, 0.3) is 5.91 Å². The average molecular weight is 362 g/mol. The summed E-state index contributed by atoms with van der Waals surface area (Å²) in [5, 5.41) is 8.55. The number of nitrogens with zero attached hydrogens (tertiary/aromatic N) is 6. The second-order valence-corrected chi connectivity index (χ2v) is 6.10. The third-order valence-electron chi connectivity index (χ3n) is 4.23. The molecule has 0 bridgehead atoms. The van der Waals surface area contributed by atoms with Crippen LogP contribution in [0.2, 0.25) is 0 Å². The zero-order valence-corrected chi connectivity index (χ0v) is 15.0. The van der Waals surface area contributed by atoms with Gasteiger partial charge in [0.15, 0.2) is 5.65 Å². The molecule has 0 aliphatic rings. The van der Waals surface area contributed by atoms with Gasteiger partial charge in [0.05, 0.1) is 25.2 Å². The van der Waals surface area contributed by atoms with E-state index in [1.807, 2.05) is 30.5 Å². The topological polar surface area (TPSA) is 77.5 Å². The van der Waals surface area contributed by atoms with Crippen LogP contribution in [-0.4, -0.2) is 49.3 Å². The van der Waals surface area contributed by atoms with Gasteiger partial charge in [0, 0.05) is 43.8 Å². The Morgan fingerprint density at radius 2 is 2.11 bits per heavy atom. The first-order chi connectivity index (χ1) is 13.2. The summed E-state index contributed by atoms with van der Waals surface area (Å²) in [6.45, 7) is 0.424. The number of aromatic nitrogens is 5. The van der Waals surface area contributed by atoms with Crippen LogP contribution in [0, 0.1) is 0 Å². The van der Waals surface area contributed by atoms with E-state index in [4.69, 9.17) is 4.74 Å². The number of benzene rings is 1. The number of hydrogen-bond acceptors (Lipinski definition) is 5. The molecule has 8 nitrogen and oxygen atoms in total.